The zero-order valence-corrected chi connectivity index (χ0v) is 35.2. The van der Waals surface area contributed by atoms with E-state index in [0.29, 0.717) is 24.3 Å². The largest absolute Gasteiger partial charge is 0.512 e. The number of aliphatic hydroxyl groups is 1. The summed E-state index contributed by atoms with van der Waals surface area (Å²) in [4.78, 5) is 16.3. The van der Waals surface area contributed by atoms with Gasteiger partial charge >= 0.3 is 6.18 Å². The first-order valence-electron chi connectivity index (χ1n) is 19.7. The number of aromatic nitrogens is 1. The SMILES string of the molecule is CCC(CC(F)(F)F)C(=O)/C=C(\O)C(CC)CC.[2H]c1nc2c3c(cc4c(CC(C)(C)C)cccc4c3c1[2H])Oc1c-2[c-]c2ccccc2c1CC(C)(C)C.[Ir]. The van der Waals surface area contributed by atoms with Crippen LogP contribution in [0.4, 0.5) is 13.2 Å². The van der Waals surface area contributed by atoms with E-state index in [2.05, 4.69) is 95.1 Å². The molecule has 4 nitrogen and oxygen atoms in total. The number of ketones is 1. The van der Waals surface area contributed by atoms with E-state index in [-0.39, 0.29) is 61.2 Å². The third-order valence-electron chi connectivity index (χ3n) is 9.78. The van der Waals surface area contributed by atoms with E-state index >= 15 is 0 Å². The van der Waals surface area contributed by atoms with Crippen molar-refractivity contribution in [3.05, 3.63) is 89.8 Å². The second kappa shape index (κ2) is 17.0. The Morgan fingerprint density at radius 1 is 0.889 bits per heavy atom. The van der Waals surface area contributed by atoms with E-state index in [1.165, 1.54) is 12.5 Å². The molecule has 4 aromatic carbocycles. The van der Waals surface area contributed by atoms with Crippen LogP contribution in [0.25, 0.3) is 43.6 Å². The molecule has 0 fully saturated rings. The molecule has 1 unspecified atom stereocenters. The van der Waals surface area contributed by atoms with Gasteiger partial charge in [-0.25, -0.2) is 0 Å². The quantitative estimate of drug-likeness (QED) is 0.0679. The molecule has 8 heteroatoms. The fourth-order valence-electron chi connectivity index (χ4n) is 7.24. The summed E-state index contributed by atoms with van der Waals surface area (Å²) in [5.41, 5.74) is 3.99. The molecular weight excluding hydrogens is 864 g/mol. The summed E-state index contributed by atoms with van der Waals surface area (Å²) in [6.07, 6.45) is -1.38. The molecule has 2 heterocycles. The van der Waals surface area contributed by atoms with Crippen LogP contribution in [0, 0.1) is 28.7 Å². The third kappa shape index (κ3) is 9.92. The van der Waals surface area contributed by atoms with Gasteiger partial charge < -0.3 is 9.84 Å². The van der Waals surface area contributed by atoms with Crippen molar-refractivity contribution in [1.29, 1.82) is 0 Å². The number of carbonyl (C=O) groups is 1. The maximum Gasteiger partial charge on any atom is 0.389 e. The van der Waals surface area contributed by atoms with E-state index in [4.69, 9.17) is 7.48 Å². The van der Waals surface area contributed by atoms with Gasteiger partial charge in [-0.15, -0.1) is 17.5 Å². The van der Waals surface area contributed by atoms with E-state index < -0.39 is 24.3 Å². The van der Waals surface area contributed by atoms with Crippen molar-refractivity contribution in [2.45, 2.75) is 107 Å². The van der Waals surface area contributed by atoms with Crippen molar-refractivity contribution in [1.82, 2.24) is 4.98 Å². The van der Waals surface area contributed by atoms with Crippen LogP contribution in [-0.2, 0) is 37.7 Å². The van der Waals surface area contributed by atoms with Crippen LogP contribution >= 0.6 is 0 Å². The minimum absolute atomic E-state index is 0. The number of pyridine rings is 1. The third-order valence-corrected chi connectivity index (χ3v) is 9.78. The molecule has 0 saturated heterocycles. The molecule has 1 radical (unpaired) electrons. The van der Waals surface area contributed by atoms with Crippen LogP contribution in [0.5, 0.6) is 11.5 Å². The molecule has 0 amide bonds. The second-order valence-electron chi connectivity index (χ2n) is 16.7. The first-order chi connectivity index (χ1) is 25.7. The average Bonchev–Trinajstić information content (AvgIpc) is 3.08. The number of benzene rings is 4. The molecule has 6 rings (SSSR count). The monoisotopic (exact) mass is 919 g/mol. The molecular formula is C46H53F3IrNO3-. The first kappa shape index (κ1) is 39.9. The zero-order chi connectivity index (χ0) is 40.6. The Morgan fingerprint density at radius 2 is 1.52 bits per heavy atom. The number of allylic oxidation sites excluding steroid dienone is 2. The Labute approximate surface area is 334 Å². The fraction of sp³-hybridized carbons (Fsp3) is 0.435. The normalized spacial score (nSPS) is 14.1. The van der Waals surface area contributed by atoms with Crippen LogP contribution in [-0.4, -0.2) is 22.1 Å². The zero-order valence-electron chi connectivity index (χ0n) is 34.8. The summed E-state index contributed by atoms with van der Waals surface area (Å²) < 4.78 is 61.1. The number of hydrogen-bond acceptors (Lipinski definition) is 4. The Morgan fingerprint density at radius 3 is 2.13 bits per heavy atom. The molecule has 5 aromatic rings. The van der Waals surface area contributed by atoms with Gasteiger partial charge in [-0.05, 0) is 76.8 Å². The van der Waals surface area contributed by atoms with Gasteiger partial charge in [-0.3, -0.25) is 9.78 Å². The van der Waals surface area contributed by atoms with Crippen LogP contribution in [0.3, 0.4) is 0 Å². The maximum absolute atomic E-state index is 12.2. The number of carbonyl (C=O) groups excluding carboxylic acids is 1. The van der Waals surface area contributed by atoms with Crippen LogP contribution in [0.1, 0.15) is 102 Å². The van der Waals surface area contributed by atoms with Gasteiger partial charge in [0, 0.05) is 55.3 Å². The molecule has 0 spiro atoms. The van der Waals surface area contributed by atoms with E-state index in [0.717, 1.165) is 68.1 Å². The minimum Gasteiger partial charge on any atom is -0.512 e. The first-order valence-corrected chi connectivity index (χ1v) is 18.7. The van der Waals surface area contributed by atoms with Crippen LogP contribution in [0.15, 0.2) is 72.6 Å². The van der Waals surface area contributed by atoms with Crippen molar-refractivity contribution in [3.63, 3.8) is 0 Å². The van der Waals surface area contributed by atoms with Gasteiger partial charge in [-0.1, -0.05) is 115 Å². The predicted molar refractivity (Wildman–Crippen MR) is 212 cm³/mol. The van der Waals surface area contributed by atoms with Crippen molar-refractivity contribution in [2.75, 3.05) is 0 Å². The summed E-state index contributed by atoms with van der Waals surface area (Å²) in [6, 6.07) is 20.4. The summed E-state index contributed by atoms with van der Waals surface area (Å²) in [5, 5.41) is 15.4. The molecule has 1 atom stereocenters. The summed E-state index contributed by atoms with van der Waals surface area (Å²) in [5.74, 6) is -0.505. The second-order valence-corrected chi connectivity index (χ2v) is 16.7. The molecule has 0 bridgehead atoms. The van der Waals surface area contributed by atoms with Gasteiger partial charge in [0.15, 0.2) is 5.78 Å². The number of aliphatic hydroxyl groups excluding tert-OH is 1. The number of rotatable bonds is 9. The van der Waals surface area contributed by atoms with Crippen molar-refractivity contribution >= 4 is 38.1 Å². The molecule has 1 aromatic heterocycles. The number of alkyl halides is 3. The number of nitrogens with zero attached hydrogens (tertiary/aromatic N) is 1. The Balaban J connectivity index is 0.000000314. The van der Waals surface area contributed by atoms with Gasteiger partial charge in [0.25, 0.3) is 0 Å². The number of ether oxygens (including phenoxy) is 1. The van der Waals surface area contributed by atoms with Crippen LogP contribution < -0.4 is 4.74 Å². The van der Waals surface area contributed by atoms with Crippen molar-refractivity contribution in [2.24, 2.45) is 22.7 Å². The van der Waals surface area contributed by atoms with Crippen LogP contribution in [0.2, 0.25) is 0 Å². The van der Waals surface area contributed by atoms with Gasteiger partial charge in [-0.2, -0.15) is 13.2 Å². The predicted octanol–water partition coefficient (Wildman–Crippen LogP) is 13.7. The molecule has 1 aliphatic rings. The van der Waals surface area contributed by atoms with E-state index in [1.54, 1.807) is 0 Å². The molecule has 1 N–H and O–H groups in total. The Hall–Kier alpha value is -3.74. The Kier molecular flexibility index (Phi) is 12.5. The molecule has 0 saturated carbocycles. The standard InChI is InChI=1S/C33H32NO.C13H21F3O2.Ir/c1-32(2,3)18-21-11-9-13-23-24-14-15-34-30-26-16-20-10-7-8-12-22(20)27(19-33(4,5)6)31(26)35-28(29(24)30)17-25(21)23;1-4-9(5-2)11(17)7-12(18)10(6-3)8-13(14,15)16;/h7-15,17H,18-19H2,1-6H3;7,9-10,17H,4-6,8H2,1-3H3;/q-1;;/b;11-7-;/i14D,15D;;. The number of hydrogen-bond donors (Lipinski definition) is 1. The van der Waals surface area contributed by atoms with Gasteiger partial charge in [0.2, 0.25) is 0 Å². The summed E-state index contributed by atoms with van der Waals surface area (Å²) in [7, 11) is 0. The number of halogens is 3. The van der Waals surface area contributed by atoms with Crippen molar-refractivity contribution < 1.29 is 50.7 Å². The number of fused-ring (bicyclic) bond motifs is 5. The van der Waals surface area contributed by atoms with Gasteiger partial charge in [0.05, 0.1) is 20.7 Å². The molecule has 291 valence electrons. The van der Waals surface area contributed by atoms with Gasteiger partial charge in [0.1, 0.15) is 5.75 Å². The molecule has 54 heavy (non-hydrogen) atoms. The minimum atomic E-state index is -4.35. The van der Waals surface area contributed by atoms with E-state index in [1.807, 2.05) is 19.9 Å². The molecule has 0 aliphatic carbocycles. The maximum atomic E-state index is 12.2. The van der Waals surface area contributed by atoms with Crippen molar-refractivity contribution in [3.8, 4) is 22.8 Å². The average molecular weight is 919 g/mol. The van der Waals surface area contributed by atoms with E-state index in [9.17, 15) is 23.1 Å². The Bertz CT molecular complexity index is 2270. The fourth-order valence-corrected chi connectivity index (χ4v) is 7.24. The smallest absolute Gasteiger partial charge is 0.389 e. The topological polar surface area (TPSA) is 59.4 Å². The summed E-state index contributed by atoms with van der Waals surface area (Å²) in [6.45, 7) is 18.7. The molecule has 1 aliphatic heterocycles. The summed E-state index contributed by atoms with van der Waals surface area (Å²) >= 11 is 0.